The predicted octanol–water partition coefficient (Wildman–Crippen LogP) is 3.64. The Bertz CT molecular complexity index is 1070. The number of carbonyl (C=O) groups excluding carboxylic acids is 2. The highest BCUT2D eigenvalue weighted by atomic mass is 16.5. The Morgan fingerprint density at radius 2 is 1.78 bits per heavy atom. The molecule has 1 N–H and O–H groups in total. The smallest absolute Gasteiger partial charge is 0.278 e. The average Bonchev–Trinajstić information content (AvgIpc) is 3.34. The maximum atomic E-state index is 12.8. The van der Waals surface area contributed by atoms with Gasteiger partial charge in [-0.15, -0.1) is 0 Å². The lowest BCUT2D eigenvalue weighted by atomic mass is 9.93. The van der Waals surface area contributed by atoms with Crippen LogP contribution in [-0.4, -0.2) is 54.2 Å². The van der Waals surface area contributed by atoms with Gasteiger partial charge in [-0.05, 0) is 37.1 Å². The van der Waals surface area contributed by atoms with E-state index in [1.165, 1.54) is 0 Å². The Labute approximate surface area is 188 Å². The lowest BCUT2D eigenvalue weighted by molar-refractivity contribution is -0.131. The normalized spacial score (nSPS) is 14.2. The zero-order valence-corrected chi connectivity index (χ0v) is 18.5. The third kappa shape index (κ3) is 4.66. The molecule has 0 spiro atoms. The summed E-state index contributed by atoms with van der Waals surface area (Å²) in [5.41, 5.74) is 3.08. The third-order valence-electron chi connectivity index (χ3n) is 6.09. The van der Waals surface area contributed by atoms with Crippen molar-refractivity contribution in [1.82, 2.24) is 15.1 Å². The summed E-state index contributed by atoms with van der Waals surface area (Å²) in [4.78, 5) is 29.1. The van der Waals surface area contributed by atoms with Crippen molar-refractivity contribution in [2.75, 3.05) is 32.1 Å². The molecule has 166 valence electrons. The molecule has 1 aromatic heterocycles. The standard InChI is InChI=1S/C25H28N4O3/c1-28(20-9-4-3-5-10-20)25(31)22-17-21(26-27-22)18-12-14-29(15-13-18)24(30)16-19-8-6-7-11-23(19)32-2/h3-11,17-18H,12-16H2,1-2H3,(H,26,27). The number of amides is 2. The average molecular weight is 433 g/mol. The van der Waals surface area contributed by atoms with Gasteiger partial charge in [0.15, 0.2) is 5.69 Å². The van der Waals surface area contributed by atoms with Crippen molar-refractivity contribution in [3.05, 3.63) is 77.6 Å². The lowest BCUT2D eigenvalue weighted by Crippen LogP contribution is -2.38. The molecule has 7 heteroatoms. The molecule has 1 aliphatic heterocycles. The van der Waals surface area contributed by atoms with Gasteiger partial charge in [-0.25, -0.2) is 0 Å². The first-order valence-corrected chi connectivity index (χ1v) is 10.8. The fourth-order valence-electron chi connectivity index (χ4n) is 4.16. The molecule has 7 nitrogen and oxygen atoms in total. The molecular formula is C25H28N4O3. The van der Waals surface area contributed by atoms with Crippen LogP contribution in [0, 0.1) is 0 Å². The van der Waals surface area contributed by atoms with Crippen molar-refractivity contribution in [3.8, 4) is 5.75 Å². The van der Waals surface area contributed by atoms with Gasteiger partial charge in [0.05, 0.1) is 13.5 Å². The van der Waals surface area contributed by atoms with E-state index in [4.69, 9.17) is 4.74 Å². The molecule has 3 aromatic rings. The van der Waals surface area contributed by atoms with E-state index in [1.807, 2.05) is 65.6 Å². The zero-order valence-electron chi connectivity index (χ0n) is 18.5. The number of piperidine rings is 1. The summed E-state index contributed by atoms with van der Waals surface area (Å²) in [5, 5.41) is 7.30. The van der Waals surface area contributed by atoms with E-state index in [-0.39, 0.29) is 17.7 Å². The monoisotopic (exact) mass is 432 g/mol. The molecule has 0 unspecified atom stereocenters. The molecule has 2 amide bonds. The fourth-order valence-corrected chi connectivity index (χ4v) is 4.16. The van der Waals surface area contributed by atoms with Crippen molar-refractivity contribution in [3.63, 3.8) is 0 Å². The number of ether oxygens (including phenoxy) is 1. The number of nitrogens with zero attached hydrogens (tertiary/aromatic N) is 3. The second-order valence-corrected chi connectivity index (χ2v) is 8.05. The van der Waals surface area contributed by atoms with Crippen LogP contribution >= 0.6 is 0 Å². The van der Waals surface area contributed by atoms with Gasteiger partial charge in [0.2, 0.25) is 5.91 Å². The van der Waals surface area contributed by atoms with Gasteiger partial charge >= 0.3 is 0 Å². The largest absolute Gasteiger partial charge is 0.496 e. The Morgan fingerprint density at radius 3 is 2.50 bits per heavy atom. The van der Waals surface area contributed by atoms with Gasteiger partial charge < -0.3 is 14.5 Å². The summed E-state index contributed by atoms with van der Waals surface area (Å²) in [7, 11) is 3.37. The molecule has 32 heavy (non-hydrogen) atoms. The van der Waals surface area contributed by atoms with Crippen LogP contribution in [0.5, 0.6) is 5.75 Å². The molecule has 4 rings (SSSR count). The fraction of sp³-hybridized carbons (Fsp3) is 0.320. The summed E-state index contributed by atoms with van der Waals surface area (Å²) < 4.78 is 5.36. The molecule has 1 saturated heterocycles. The lowest BCUT2D eigenvalue weighted by Gasteiger charge is -2.31. The van der Waals surface area contributed by atoms with E-state index < -0.39 is 0 Å². The highest BCUT2D eigenvalue weighted by molar-refractivity contribution is 6.04. The molecule has 2 aromatic carbocycles. The molecule has 0 aliphatic carbocycles. The number of para-hydroxylation sites is 2. The van der Waals surface area contributed by atoms with Gasteiger partial charge in [0.25, 0.3) is 5.91 Å². The van der Waals surface area contributed by atoms with Crippen LogP contribution < -0.4 is 9.64 Å². The summed E-state index contributed by atoms with van der Waals surface area (Å²) in [6, 6.07) is 19.0. The first kappa shape index (κ1) is 21.6. The number of carbonyl (C=O) groups is 2. The van der Waals surface area contributed by atoms with Crippen LogP contribution in [0.4, 0.5) is 5.69 Å². The molecule has 1 aliphatic rings. The van der Waals surface area contributed by atoms with Crippen molar-refractivity contribution < 1.29 is 14.3 Å². The molecule has 0 atom stereocenters. The minimum absolute atomic E-state index is 0.109. The Balaban J connectivity index is 1.34. The number of methoxy groups -OCH3 is 1. The van der Waals surface area contributed by atoms with Gasteiger partial charge in [0.1, 0.15) is 5.75 Å². The van der Waals surface area contributed by atoms with Crippen molar-refractivity contribution >= 4 is 17.5 Å². The number of aromatic amines is 1. The summed E-state index contributed by atoms with van der Waals surface area (Å²) in [5.74, 6) is 0.952. The van der Waals surface area contributed by atoms with Crippen LogP contribution in [0.25, 0.3) is 0 Å². The second-order valence-electron chi connectivity index (χ2n) is 8.05. The van der Waals surface area contributed by atoms with E-state index >= 15 is 0 Å². The van der Waals surface area contributed by atoms with Crippen LogP contribution in [-0.2, 0) is 11.2 Å². The zero-order chi connectivity index (χ0) is 22.5. The Morgan fingerprint density at radius 1 is 1.09 bits per heavy atom. The van der Waals surface area contributed by atoms with E-state index in [0.29, 0.717) is 25.2 Å². The molecule has 0 radical (unpaired) electrons. The second kappa shape index (κ2) is 9.68. The third-order valence-corrected chi connectivity index (χ3v) is 6.09. The van der Waals surface area contributed by atoms with Crippen molar-refractivity contribution in [1.29, 1.82) is 0 Å². The minimum Gasteiger partial charge on any atom is -0.496 e. The highest BCUT2D eigenvalue weighted by Crippen LogP contribution is 2.28. The van der Waals surface area contributed by atoms with Crippen molar-refractivity contribution in [2.45, 2.75) is 25.2 Å². The number of benzene rings is 2. The first-order chi connectivity index (χ1) is 15.6. The summed E-state index contributed by atoms with van der Waals surface area (Å²) in [6.07, 6.45) is 2.01. The van der Waals surface area contributed by atoms with Gasteiger partial charge in [-0.2, -0.15) is 5.10 Å². The van der Waals surface area contributed by atoms with Crippen LogP contribution in [0.3, 0.4) is 0 Å². The first-order valence-electron chi connectivity index (χ1n) is 10.8. The van der Waals surface area contributed by atoms with Gasteiger partial charge in [-0.1, -0.05) is 36.4 Å². The minimum atomic E-state index is -0.150. The number of anilines is 1. The molecule has 2 heterocycles. The predicted molar refractivity (Wildman–Crippen MR) is 123 cm³/mol. The molecule has 1 fully saturated rings. The van der Waals surface area contributed by atoms with Crippen LogP contribution in [0.15, 0.2) is 60.7 Å². The van der Waals surface area contributed by atoms with E-state index in [0.717, 1.165) is 35.5 Å². The van der Waals surface area contributed by atoms with Crippen LogP contribution in [0.2, 0.25) is 0 Å². The van der Waals surface area contributed by atoms with E-state index in [2.05, 4.69) is 10.2 Å². The Kier molecular flexibility index (Phi) is 6.54. The number of nitrogens with one attached hydrogen (secondary N) is 1. The molecule has 0 saturated carbocycles. The molecular weight excluding hydrogens is 404 g/mol. The SMILES string of the molecule is COc1ccccc1CC(=O)N1CCC(c2cc(C(=O)N(C)c3ccccc3)n[nH]2)CC1. The summed E-state index contributed by atoms with van der Waals surface area (Å²) in [6.45, 7) is 1.37. The summed E-state index contributed by atoms with van der Waals surface area (Å²) >= 11 is 0. The number of hydrogen-bond donors (Lipinski definition) is 1. The maximum Gasteiger partial charge on any atom is 0.278 e. The van der Waals surface area contributed by atoms with E-state index in [9.17, 15) is 9.59 Å². The number of likely N-dealkylation sites (tertiary alicyclic amines) is 1. The highest BCUT2D eigenvalue weighted by Gasteiger charge is 2.27. The van der Waals surface area contributed by atoms with Gasteiger partial charge in [0, 0.05) is 43.0 Å². The number of rotatable bonds is 6. The van der Waals surface area contributed by atoms with E-state index in [1.54, 1.807) is 19.1 Å². The van der Waals surface area contributed by atoms with Crippen molar-refractivity contribution in [2.24, 2.45) is 0 Å². The van der Waals surface area contributed by atoms with Gasteiger partial charge in [-0.3, -0.25) is 14.7 Å². The topological polar surface area (TPSA) is 78.5 Å². The number of hydrogen-bond acceptors (Lipinski definition) is 4. The quantitative estimate of drug-likeness (QED) is 0.645. The number of aromatic nitrogens is 2. The maximum absolute atomic E-state index is 12.8. The van der Waals surface area contributed by atoms with Crippen LogP contribution in [0.1, 0.15) is 40.5 Å². The Hall–Kier alpha value is -3.61. The molecule has 0 bridgehead atoms. The number of H-pyrrole nitrogens is 1.